The first-order chi connectivity index (χ1) is 9.71. The molecule has 1 N–H and O–H groups in total. The zero-order chi connectivity index (χ0) is 16.0. The molecule has 5 heteroatoms. The van der Waals surface area contributed by atoms with E-state index in [1.165, 1.54) is 32.1 Å². The normalized spacial score (nSPS) is 16.6. The van der Waals surface area contributed by atoms with Crippen LogP contribution in [0, 0.1) is 5.92 Å². The summed E-state index contributed by atoms with van der Waals surface area (Å²) < 4.78 is 0. The Morgan fingerprint density at radius 1 is 1.14 bits per heavy atom. The third kappa shape index (κ3) is 5.94. The number of aliphatic carboxylic acids is 1. The Morgan fingerprint density at radius 2 is 1.71 bits per heavy atom. The Morgan fingerprint density at radius 3 is 2.19 bits per heavy atom. The largest absolute Gasteiger partial charge is 0.481 e. The highest BCUT2D eigenvalue weighted by Crippen LogP contribution is 2.25. The molecule has 0 saturated heterocycles. The van der Waals surface area contributed by atoms with Gasteiger partial charge in [-0.1, -0.05) is 19.3 Å². The summed E-state index contributed by atoms with van der Waals surface area (Å²) in [5.41, 5.74) is -0.368. The van der Waals surface area contributed by atoms with Crippen molar-refractivity contribution in [1.29, 1.82) is 0 Å². The van der Waals surface area contributed by atoms with E-state index in [0.717, 1.165) is 6.54 Å². The van der Waals surface area contributed by atoms with Crippen LogP contribution < -0.4 is 0 Å². The summed E-state index contributed by atoms with van der Waals surface area (Å²) in [5, 5.41) is 8.86. The van der Waals surface area contributed by atoms with Crippen LogP contribution in [0.2, 0.25) is 0 Å². The van der Waals surface area contributed by atoms with Crippen molar-refractivity contribution < 1.29 is 14.7 Å². The van der Waals surface area contributed by atoms with Gasteiger partial charge in [-0.25, -0.2) is 4.79 Å². The molecule has 0 bridgehead atoms. The molecule has 0 heterocycles. The summed E-state index contributed by atoms with van der Waals surface area (Å²) in [7, 11) is 1.83. The third-order valence-electron chi connectivity index (χ3n) is 4.17. The fraction of sp³-hybridized carbons (Fsp3) is 0.875. The van der Waals surface area contributed by atoms with Crippen LogP contribution in [0.1, 0.15) is 59.3 Å². The van der Waals surface area contributed by atoms with Crippen LogP contribution in [0.15, 0.2) is 0 Å². The third-order valence-corrected chi connectivity index (χ3v) is 4.17. The SMILES string of the molecule is CN(CC1CCCCC1)C(=O)N(CCC(=O)O)C(C)(C)C. The van der Waals surface area contributed by atoms with Crippen LogP contribution in [0.3, 0.4) is 0 Å². The molecular weight excluding hydrogens is 268 g/mol. The number of carbonyl (C=O) groups excluding carboxylic acids is 1. The molecule has 1 saturated carbocycles. The minimum atomic E-state index is -0.869. The van der Waals surface area contributed by atoms with Gasteiger partial charge in [-0.05, 0) is 39.5 Å². The number of carboxylic acid groups (broad SMARTS) is 1. The Bertz CT molecular complexity index is 357. The van der Waals surface area contributed by atoms with Crippen molar-refractivity contribution in [2.45, 2.75) is 64.8 Å². The second kappa shape index (κ2) is 7.66. The predicted molar refractivity (Wildman–Crippen MR) is 83.3 cm³/mol. The lowest BCUT2D eigenvalue weighted by atomic mass is 9.89. The molecule has 0 radical (unpaired) electrons. The molecule has 1 aliphatic carbocycles. The van der Waals surface area contributed by atoms with E-state index in [1.807, 2.05) is 27.8 Å². The minimum Gasteiger partial charge on any atom is -0.481 e. The fourth-order valence-corrected chi connectivity index (χ4v) is 2.97. The molecule has 1 fully saturated rings. The predicted octanol–water partition coefficient (Wildman–Crippen LogP) is 3.19. The molecule has 0 aromatic rings. The standard InChI is InChI=1S/C16H30N2O3/c1-16(2,3)18(11-10-14(19)20)15(21)17(4)12-13-8-6-5-7-9-13/h13H,5-12H2,1-4H3,(H,19,20). The molecule has 1 aliphatic rings. The molecule has 0 unspecified atom stereocenters. The van der Waals surface area contributed by atoms with Crippen LogP contribution in [0.4, 0.5) is 4.79 Å². The van der Waals surface area contributed by atoms with Crippen LogP contribution in [-0.4, -0.2) is 52.6 Å². The fourth-order valence-electron chi connectivity index (χ4n) is 2.97. The van der Waals surface area contributed by atoms with Gasteiger partial charge in [0.1, 0.15) is 0 Å². The Balaban J connectivity index is 2.62. The second-order valence-corrected chi connectivity index (χ2v) is 7.13. The van der Waals surface area contributed by atoms with Gasteiger partial charge in [0.05, 0.1) is 6.42 Å². The molecule has 0 spiro atoms. The van der Waals surface area contributed by atoms with Crippen LogP contribution in [0.25, 0.3) is 0 Å². The van der Waals surface area contributed by atoms with Crippen molar-refractivity contribution in [3.63, 3.8) is 0 Å². The highest BCUT2D eigenvalue weighted by Gasteiger charge is 2.30. The van der Waals surface area contributed by atoms with Gasteiger partial charge < -0.3 is 14.9 Å². The summed E-state index contributed by atoms with van der Waals surface area (Å²) in [6.07, 6.45) is 6.20. The average Bonchev–Trinajstić information content (AvgIpc) is 2.37. The van der Waals surface area contributed by atoms with Crippen molar-refractivity contribution in [3.05, 3.63) is 0 Å². The van der Waals surface area contributed by atoms with E-state index in [4.69, 9.17) is 5.11 Å². The summed E-state index contributed by atoms with van der Waals surface area (Å²) in [6.45, 7) is 6.87. The number of carboxylic acids is 1. The van der Waals surface area contributed by atoms with Gasteiger partial charge in [0.25, 0.3) is 0 Å². The molecule has 1 rings (SSSR count). The minimum absolute atomic E-state index is 0.0136. The van der Waals surface area contributed by atoms with Crippen LogP contribution in [0.5, 0.6) is 0 Å². The summed E-state index contributed by atoms with van der Waals surface area (Å²) in [6, 6.07) is -0.0608. The summed E-state index contributed by atoms with van der Waals surface area (Å²) in [4.78, 5) is 26.9. The molecular formula is C16H30N2O3. The van der Waals surface area contributed by atoms with Crippen LogP contribution >= 0.6 is 0 Å². The van der Waals surface area contributed by atoms with E-state index in [0.29, 0.717) is 5.92 Å². The monoisotopic (exact) mass is 298 g/mol. The lowest BCUT2D eigenvalue weighted by Crippen LogP contribution is -2.52. The van der Waals surface area contributed by atoms with Crippen molar-refractivity contribution in [2.24, 2.45) is 5.92 Å². The number of hydrogen-bond donors (Lipinski definition) is 1. The highest BCUT2D eigenvalue weighted by molar-refractivity contribution is 5.76. The van der Waals surface area contributed by atoms with E-state index < -0.39 is 5.97 Å². The van der Waals surface area contributed by atoms with E-state index in [9.17, 15) is 9.59 Å². The average molecular weight is 298 g/mol. The highest BCUT2D eigenvalue weighted by atomic mass is 16.4. The zero-order valence-electron chi connectivity index (χ0n) is 13.9. The number of nitrogens with zero attached hydrogens (tertiary/aromatic N) is 2. The van der Waals surface area contributed by atoms with Crippen molar-refractivity contribution in [2.75, 3.05) is 20.1 Å². The molecule has 0 aliphatic heterocycles. The first-order valence-corrected chi connectivity index (χ1v) is 7.96. The van der Waals surface area contributed by atoms with Gasteiger partial charge in [0, 0.05) is 25.7 Å². The maximum absolute atomic E-state index is 12.6. The summed E-state index contributed by atoms with van der Waals surface area (Å²) in [5.74, 6) is -0.277. The number of rotatable bonds is 5. The lowest BCUT2D eigenvalue weighted by Gasteiger charge is -2.39. The topological polar surface area (TPSA) is 60.9 Å². The van der Waals surface area contributed by atoms with Gasteiger partial charge in [0.2, 0.25) is 0 Å². The number of carbonyl (C=O) groups is 2. The second-order valence-electron chi connectivity index (χ2n) is 7.13. The van der Waals surface area contributed by atoms with Crippen LogP contribution in [-0.2, 0) is 4.79 Å². The van der Waals surface area contributed by atoms with Gasteiger partial charge in [0.15, 0.2) is 0 Å². The quantitative estimate of drug-likeness (QED) is 0.848. The molecule has 0 aromatic heterocycles. The Labute approximate surface area is 128 Å². The van der Waals surface area contributed by atoms with Gasteiger partial charge in [-0.2, -0.15) is 0 Å². The zero-order valence-corrected chi connectivity index (χ0v) is 13.9. The molecule has 0 aromatic carbocycles. The van der Waals surface area contributed by atoms with E-state index in [1.54, 1.807) is 9.80 Å². The van der Waals surface area contributed by atoms with Gasteiger partial charge >= 0.3 is 12.0 Å². The van der Waals surface area contributed by atoms with E-state index in [-0.39, 0.29) is 24.5 Å². The maximum atomic E-state index is 12.6. The van der Waals surface area contributed by atoms with Gasteiger partial charge in [-0.15, -0.1) is 0 Å². The molecule has 21 heavy (non-hydrogen) atoms. The molecule has 0 atom stereocenters. The molecule has 122 valence electrons. The summed E-state index contributed by atoms with van der Waals surface area (Å²) >= 11 is 0. The molecule has 5 nitrogen and oxygen atoms in total. The molecule has 2 amide bonds. The van der Waals surface area contributed by atoms with Crippen molar-refractivity contribution in [1.82, 2.24) is 9.80 Å². The maximum Gasteiger partial charge on any atom is 0.320 e. The number of urea groups is 1. The van der Waals surface area contributed by atoms with E-state index in [2.05, 4.69) is 0 Å². The Hall–Kier alpha value is -1.26. The Kier molecular flexibility index (Phi) is 6.49. The first-order valence-electron chi connectivity index (χ1n) is 7.96. The smallest absolute Gasteiger partial charge is 0.320 e. The first kappa shape index (κ1) is 17.8. The van der Waals surface area contributed by atoms with E-state index >= 15 is 0 Å². The van der Waals surface area contributed by atoms with Crippen molar-refractivity contribution >= 4 is 12.0 Å². The number of amides is 2. The number of hydrogen-bond acceptors (Lipinski definition) is 2. The van der Waals surface area contributed by atoms with Crippen molar-refractivity contribution in [3.8, 4) is 0 Å². The lowest BCUT2D eigenvalue weighted by molar-refractivity contribution is -0.137. The van der Waals surface area contributed by atoms with Gasteiger partial charge in [-0.3, -0.25) is 4.79 Å².